The number of likely N-dealkylation sites (N-methyl/N-ethyl adjacent to an activating group) is 1. The van der Waals surface area contributed by atoms with Gasteiger partial charge in [-0.15, -0.1) is 24.8 Å². The van der Waals surface area contributed by atoms with Gasteiger partial charge in [0.2, 0.25) is 0 Å². The predicted molar refractivity (Wildman–Crippen MR) is 101 cm³/mol. The summed E-state index contributed by atoms with van der Waals surface area (Å²) in [4.78, 5) is 16.9. The van der Waals surface area contributed by atoms with Crippen LogP contribution < -0.4 is 0 Å². The minimum absolute atomic E-state index is 0. The molecule has 1 aliphatic heterocycles. The maximum atomic E-state index is 12.4. The normalized spacial score (nSPS) is 15.4. The Labute approximate surface area is 159 Å². The van der Waals surface area contributed by atoms with E-state index in [-0.39, 0.29) is 30.6 Å². The number of ether oxygens (including phenoxy) is 1. The van der Waals surface area contributed by atoms with Gasteiger partial charge < -0.3 is 19.2 Å². The number of halogens is 2. The lowest BCUT2D eigenvalue weighted by molar-refractivity contribution is 0.0522. The first-order valence-corrected chi connectivity index (χ1v) is 7.91. The van der Waals surface area contributed by atoms with Gasteiger partial charge in [0.25, 0.3) is 0 Å². The molecule has 0 unspecified atom stereocenters. The van der Waals surface area contributed by atoms with Gasteiger partial charge in [0, 0.05) is 31.6 Å². The van der Waals surface area contributed by atoms with Crippen molar-refractivity contribution in [2.75, 3.05) is 39.8 Å². The van der Waals surface area contributed by atoms with Crippen molar-refractivity contribution in [2.45, 2.75) is 13.5 Å². The predicted octanol–water partition coefficient (Wildman–Crippen LogP) is 2.91. The molecule has 1 aliphatic rings. The fraction of sp³-hybridized carbons (Fsp3) is 0.471. The van der Waals surface area contributed by atoms with Gasteiger partial charge in [-0.3, -0.25) is 4.90 Å². The number of piperazine rings is 1. The number of rotatable bonds is 4. The largest absolute Gasteiger partial charge is 0.508 e. The van der Waals surface area contributed by atoms with Crippen molar-refractivity contribution in [3.8, 4) is 5.75 Å². The van der Waals surface area contributed by atoms with Crippen LogP contribution in [-0.4, -0.2) is 60.7 Å². The molecule has 1 N–H and O–H groups in total. The van der Waals surface area contributed by atoms with Gasteiger partial charge in [0.15, 0.2) is 0 Å². The van der Waals surface area contributed by atoms with E-state index in [1.54, 1.807) is 25.1 Å². The molecule has 6 nitrogen and oxygen atoms in total. The number of nitrogens with zero attached hydrogens (tertiary/aromatic N) is 2. The summed E-state index contributed by atoms with van der Waals surface area (Å²) in [7, 11) is 2.10. The van der Waals surface area contributed by atoms with Crippen LogP contribution in [0.3, 0.4) is 0 Å². The molecule has 1 aromatic carbocycles. The van der Waals surface area contributed by atoms with Gasteiger partial charge in [0.1, 0.15) is 22.7 Å². The van der Waals surface area contributed by atoms with Gasteiger partial charge in [-0.25, -0.2) is 4.79 Å². The highest BCUT2D eigenvalue weighted by Gasteiger charge is 2.25. The van der Waals surface area contributed by atoms with Gasteiger partial charge in [-0.2, -0.15) is 0 Å². The highest BCUT2D eigenvalue weighted by atomic mass is 35.5. The molecule has 0 radical (unpaired) electrons. The lowest BCUT2D eigenvalue weighted by Gasteiger charge is -2.31. The Morgan fingerprint density at radius 2 is 1.92 bits per heavy atom. The van der Waals surface area contributed by atoms with Crippen LogP contribution in [0.5, 0.6) is 5.75 Å². The van der Waals surface area contributed by atoms with Crippen molar-refractivity contribution in [1.29, 1.82) is 0 Å². The Balaban J connectivity index is 0.00000156. The van der Waals surface area contributed by atoms with Gasteiger partial charge in [-0.1, -0.05) is 0 Å². The zero-order valence-electron chi connectivity index (χ0n) is 14.4. The average molecular weight is 391 g/mol. The Morgan fingerprint density at radius 3 is 2.56 bits per heavy atom. The van der Waals surface area contributed by atoms with E-state index in [1.807, 2.05) is 0 Å². The van der Waals surface area contributed by atoms with Crippen LogP contribution in [0.2, 0.25) is 0 Å². The number of phenolic OH excluding ortho intramolecular Hbond substituents is 1. The lowest BCUT2D eigenvalue weighted by atomic mass is 10.1. The van der Waals surface area contributed by atoms with Crippen LogP contribution in [0, 0.1) is 0 Å². The van der Waals surface area contributed by atoms with Crippen molar-refractivity contribution in [3.05, 3.63) is 29.5 Å². The summed E-state index contributed by atoms with van der Waals surface area (Å²) in [5, 5.41) is 10.3. The van der Waals surface area contributed by atoms with E-state index in [0.717, 1.165) is 26.2 Å². The first-order chi connectivity index (χ1) is 11.1. The molecule has 3 rings (SSSR count). The fourth-order valence-electron chi connectivity index (χ4n) is 2.88. The minimum atomic E-state index is -0.402. The smallest absolute Gasteiger partial charge is 0.342 e. The van der Waals surface area contributed by atoms with E-state index in [4.69, 9.17) is 9.15 Å². The summed E-state index contributed by atoms with van der Waals surface area (Å²) < 4.78 is 11.1. The highest BCUT2D eigenvalue weighted by Crippen LogP contribution is 2.30. The second kappa shape index (κ2) is 9.29. The molecule has 25 heavy (non-hydrogen) atoms. The molecule has 0 bridgehead atoms. The van der Waals surface area contributed by atoms with Crippen LogP contribution in [0.4, 0.5) is 0 Å². The topological polar surface area (TPSA) is 66.2 Å². The second-order valence-electron chi connectivity index (χ2n) is 5.88. The van der Waals surface area contributed by atoms with E-state index < -0.39 is 5.97 Å². The number of hydrogen-bond acceptors (Lipinski definition) is 6. The van der Waals surface area contributed by atoms with Crippen LogP contribution >= 0.6 is 24.8 Å². The minimum Gasteiger partial charge on any atom is -0.508 e. The molecular formula is C17H24Cl2N2O4. The van der Waals surface area contributed by atoms with Crippen molar-refractivity contribution in [3.63, 3.8) is 0 Å². The van der Waals surface area contributed by atoms with Crippen molar-refractivity contribution >= 4 is 41.8 Å². The number of aromatic hydroxyl groups is 1. The van der Waals surface area contributed by atoms with E-state index in [1.165, 1.54) is 0 Å². The Bertz CT molecular complexity index is 712. The molecule has 0 saturated carbocycles. The average Bonchev–Trinajstić information content (AvgIpc) is 2.87. The molecule has 0 spiro atoms. The highest BCUT2D eigenvalue weighted by molar-refractivity contribution is 6.04. The van der Waals surface area contributed by atoms with E-state index >= 15 is 0 Å². The van der Waals surface area contributed by atoms with Gasteiger partial charge in [0.05, 0.1) is 13.2 Å². The van der Waals surface area contributed by atoms with E-state index in [2.05, 4.69) is 16.8 Å². The third kappa shape index (κ3) is 4.79. The second-order valence-corrected chi connectivity index (χ2v) is 5.88. The maximum Gasteiger partial charge on any atom is 0.342 e. The number of carbonyl (C=O) groups excluding carboxylic acids is 1. The van der Waals surface area contributed by atoms with Gasteiger partial charge in [-0.05, 0) is 32.2 Å². The van der Waals surface area contributed by atoms with Crippen molar-refractivity contribution < 1.29 is 19.1 Å². The van der Waals surface area contributed by atoms with Crippen molar-refractivity contribution in [1.82, 2.24) is 9.80 Å². The first kappa shape index (κ1) is 21.6. The van der Waals surface area contributed by atoms with Crippen LogP contribution in [0.25, 0.3) is 11.0 Å². The molecule has 2 aromatic rings. The summed E-state index contributed by atoms with van der Waals surface area (Å²) >= 11 is 0. The summed E-state index contributed by atoms with van der Waals surface area (Å²) in [6.07, 6.45) is 0. The first-order valence-electron chi connectivity index (χ1n) is 7.91. The Morgan fingerprint density at radius 1 is 1.24 bits per heavy atom. The molecule has 0 amide bonds. The molecular weight excluding hydrogens is 367 g/mol. The quantitative estimate of drug-likeness (QED) is 0.809. The third-order valence-corrected chi connectivity index (χ3v) is 4.19. The molecule has 0 aliphatic carbocycles. The fourth-order valence-corrected chi connectivity index (χ4v) is 2.88. The summed E-state index contributed by atoms with van der Waals surface area (Å²) in [6, 6.07) is 4.79. The standard InChI is InChI=1S/C17H22N2O4.2ClH/c1-3-22-17(21)16-13-10-12(20)4-5-14(13)23-15(16)11-19-8-6-18(2)7-9-19;;/h4-5,10,20H,3,6-9,11H2,1-2H3;2*1H. The number of esters is 1. The summed E-state index contributed by atoms with van der Waals surface area (Å²) in [5.41, 5.74) is 1.02. The lowest BCUT2D eigenvalue weighted by Crippen LogP contribution is -2.44. The molecule has 0 atom stereocenters. The molecule has 1 fully saturated rings. The van der Waals surface area contributed by atoms with E-state index in [9.17, 15) is 9.90 Å². The molecule has 2 heterocycles. The third-order valence-electron chi connectivity index (χ3n) is 4.19. The van der Waals surface area contributed by atoms with E-state index in [0.29, 0.717) is 35.4 Å². The maximum absolute atomic E-state index is 12.4. The zero-order chi connectivity index (χ0) is 16.4. The number of hydrogen-bond donors (Lipinski definition) is 1. The SMILES string of the molecule is CCOC(=O)c1c(CN2CCN(C)CC2)oc2ccc(O)cc12.Cl.Cl. The number of fused-ring (bicyclic) bond motifs is 1. The number of carbonyl (C=O) groups is 1. The monoisotopic (exact) mass is 390 g/mol. The number of furan rings is 1. The van der Waals surface area contributed by atoms with Crippen molar-refractivity contribution in [2.24, 2.45) is 0 Å². The van der Waals surface area contributed by atoms with Crippen LogP contribution in [-0.2, 0) is 11.3 Å². The van der Waals surface area contributed by atoms with Crippen LogP contribution in [0.1, 0.15) is 23.0 Å². The summed E-state index contributed by atoms with van der Waals surface area (Å²) in [5.74, 6) is 0.310. The Kier molecular flexibility index (Phi) is 8.02. The summed E-state index contributed by atoms with van der Waals surface area (Å²) in [6.45, 7) is 6.50. The molecule has 1 saturated heterocycles. The molecule has 8 heteroatoms. The Hall–Kier alpha value is -1.47. The van der Waals surface area contributed by atoms with Crippen LogP contribution in [0.15, 0.2) is 22.6 Å². The van der Waals surface area contributed by atoms with Gasteiger partial charge >= 0.3 is 5.97 Å². The number of phenols is 1. The molecule has 140 valence electrons. The molecule has 1 aromatic heterocycles. The number of benzene rings is 1. The zero-order valence-corrected chi connectivity index (χ0v) is 16.0.